The molecule has 1 fully saturated rings. The van der Waals surface area contributed by atoms with Crippen LogP contribution in [-0.4, -0.2) is 33.8 Å². The zero-order chi connectivity index (χ0) is 9.84. The van der Waals surface area contributed by atoms with Gasteiger partial charge in [0.05, 0.1) is 12.0 Å². The van der Waals surface area contributed by atoms with Gasteiger partial charge in [-0.2, -0.15) is 0 Å². The monoisotopic (exact) mass is 319 g/mol. The molecule has 0 spiro atoms. The van der Waals surface area contributed by atoms with Crippen molar-refractivity contribution in [3.63, 3.8) is 0 Å². The molecule has 1 unspecified atom stereocenters. The molecule has 1 saturated heterocycles. The third-order valence-electron chi connectivity index (χ3n) is 2.13. The predicted octanol–water partition coefficient (Wildman–Crippen LogP) is -3.44. The number of carboxylic acid groups (broad SMARTS) is 1. The van der Waals surface area contributed by atoms with Crippen LogP contribution in [0.2, 0.25) is 0 Å². The van der Waals surface area contributed by atoms with Crippen LogP contribution in [0, 0.1) is 0 Å². The number of halogens is 1. The van der Waals surface area contributed by atoms with Crippen LogP contribution in [-0.2, 0) is 9.59 Å². The van der Waals surface area contributed by atoms with Crippen LogP contribution < -0.4 is 34.7 Å². The second-order valence-corrected chi connectivity index (χ2v) is 4.08. The first-order chi connectivity index (χ1) is 6.16. The zero-order valence-corrected chi connectivity index (χ0v) is 12.3. The van der Waals surface area contributed by atoms with Crippen LogP contribution in [0.15, 0.2) is 0 Å². The number of nitrogens with zero attached hydrogens (tertiary/aromatic N) is 1. The third-order valence-corrected chi connectivity index (χ3v) is 2.90. The maximum absolute atomic E-state index is 11.2. The molecular formula is C8H11INNaO3. The summed E-state index contributed by atoms with van der Waals surface area (Å²) in [7, 11) is 0. The average Bonchev–Trinajstić information content (AvgIpc) is 2.43. The number of carbonyl (C=O) groups excluding carboxylic acids is 2. The first-order valence-corrected chi connectivity index (χ1v) is 5.75. The number of aliphatic carboxylic acids is 1. The number of hydrogen-bond donors (Lipinski definition) is 0. The number of likely N-dealkylation sites (tertiary alicyclic amines) is 1. The summed E-state index contributed by atoms with van der Waals surface area (Å²) in [6, 6.07) is -0.685. The van der Waals surface area contributed by atoms with E-state index in [0.717, 1.165) is 10.8 Å². The minimum Gasteiger partial charge on any atom is -0.548 e. The van der Waals surface area contributed by atoms with E-state index < -0.39 is 12.0 Å². The summed E-state index contributed by atoms with van der Waals surface area (Å²) < 4.78 is 0.932. The first-order valence-electron chi connectivity index (χ1n) is 4.23. The normalized spacial score (nSPS) is 20.8. The van der Waals surface area contributed by atoms with Gasteiger partial charge in [-0.15, -0.1) is 0 Å². The van der Waals surface area contributed by atoms with Crippen molar-refractivity contribution in [3.05, 3.63) is 0 Å². The fourth-order valence-electron chi connectivity index (χ4n) is 1.49. The average molecular weight is 319 g/mol. The molecule has 0 aromatic heterocycles. The van der Waals surface area contributed by atoms with Crippen molar-refractivity contribution in [3.8, 4) is 0 Å². The van der Waals surface area contributed by atoms with Crippen molar-refractivity contribution in [1.82, 2.24) is 4.90 Å². The second-order valence-electron chi connectivity index (χ2n) is 3.00. The van der Waals surface area contributed by atoms with Crippen LogP contribution in [0.4, 0.5) is 0 Å². The van der Waals surface area contributed by atoms with E-state index in [9.17, 15) is 14.7 Å². The molecule has 1 rings (SSSR count). The van der Waals surface area contributed by atoms with Crippen molar-refractivity contribution < 1.29 is 44.3 Å². The van der Waals surface area contributed by atoms with Gasteiger partial charge in [-0.3, -0.25) is 4.79 Å². The van der Waals surface area contributed by atoms with E-state index in [1.165, 1.54) is 4.90 Å². The van der Waals surface area contributed by atoms with Crippen LogP contribution in [0.25, 0.3) is 0 Å². The summed E-state index contributed by atoms with van der Waals surface area (Å²) >= 11 is 2.20. The molecule has 1 aliphatic heterocycles. The van der Waals surface area contributed by atoms with E-state index >= 15 is 0 Å². The van der Waals surface area contributed by atoms with Gasteiger partial charge < -0.3 is 14.8 Å². The largest absolute Gasteiger partial charge is 1.00 e. The van der Waals surface area contributed by atoms with Gasteiger partial charge in [0.2, 0.25) is 5.91 Å². The Hall–Kier alpha value is 0.670. The van der Waals surface area contributed by atoms with Crippen LogP contribution in [0.1, 0.15) is 19.3 Å². The van der Waals surface area contributed by atoms with E-state index in [1.807, 2.05) is 0 Å². The Morgan fingerprint density at radius 3 is 2.79 bits per heavy atom. The van der Waals surface area contributed by atoms with E-state index in [2.05, 4.69) is 22.6 Å². The molecule has 0 N–H and O–H groups in total. The van der Waals surface area contributed by atoms with Crippen molar-refractivity contribution in [1.29, 1.82) is 0 Å². The Morgan fingerprint density at radius 1 is 1.64 bits per heavy atom. The van der Waals surface area contributed by atoms with E-state index in [-0.39, 0.29) is 35.5 Å². The molecule has 0 aliphatic carbocycles. The second kappa shape index (κ2) is 7.03. The minimum absolute atomic E-state index is 0. The molecule has 0 radical (unpaired) electrons. The molecule has 1 aliphatic rings. The van der Waals surface area contributed by atoms with Crippen molar-refractivity contribution in [2.75, 3.05) is 11.0 Å². The summed E-state index contributed by atoms with van der Waals surface area (Å²) in [5.41, 5.74) is 0. The van der Waals surface area contributed by atoms with Crippen molar-refractivity contribution >= 4 is 34.5 Å². The SMILES string of the molecule is O=C([O-])C1CCC(=O)N1CCCI.[Na+]. The number of alkyl halides is 1. The molecule has 0 aromatic carbocycles. The Balaban J connectivity index is 0.00000169. The summed E-state index contributed by atoms with van der Waals surface area (Å²) in [4.78, 5) is 23.3. The molecular weight excluding hydrogens is 308 g/mol. The Labute approximate surface area is 119 Å². The summed E-state index contributed by atoms with van der Waals surface area (Å²) in [6.45, 7) is 0.542. The molecule has 14 heavy (non-hydrogen) atoms. The number of carbonyl (C=O) groups is 2. The Morgan fingerprint density at radius 2 is 2.29 bits per heavy atom. The number of carboxylic acids is 1. The third kappa shape index (κ3) is 3.67. The molecule has 4 nitrogen and oxygen atoms in total. The molecule has 1 atom stereocenters. The van der Waals surface area contributed by atoms with Gasteiger partial charge >= 0.3 is 29.6 Å². The molecule has 6 heteroatoms. The minimum atomic E-state index is -1.13. The smallest absolute Gasteiger partial charge is 0.548 e. The van der Waals surface area contributed by atoms with Crippen molar-refractivity contribution in [2.24, 2.45) is 0 Å². The van der Waals surface area contributed by atoms with Gasteiger partial charge in [-0.1, -0.05) is 22.6 Å². The summed E-state index contributed by atoms with van der Waals surface area (Å²) in [6.07, 6.45) is 1.60. The Bertz CT molecular complexity index is 225. The van der Waals surface area contributed by atoms with E-state index in [4.69, 9.17) is 0 Å². The van der Waals surface area contributed by atoms with E-state index in [0.29, 0.717) is 19.4 Å². The molecule has 0 saturated carbocycles. The van der Waals surface area contributed by atoms with Crippen LogP contribution >= 0.6 is 22.6 Å². The quantitative estimate of drug-likeness (QED) is 0.308. The van der Waals surface area contributed by atoms with Gasteiger partial charge in [0.25, 0.3) is 0 Å². The number of amides is 1. The molecule has 0 aromatic rings. The van der Waals surface area contributed by atoms with Crippen LogP contribution in [0.3, 0.4) is 0 Å². The summed E-state index contributed by atoms with van der Waals surface area (Å²) in [5.74, 6) is -1.18. The first kappa shape index (κ1) is 14.7. The maximum Gasteiger partial charge on any atom is 1.00 e. The maximum atomic E-state index is 11.2. The standard InChI is InChI=1S/C8H12INO3.Na/c9-4-1-5-10-6(8(12)13)2-3-7(10)11;/h6H,1-5H2,(H,12,13);/q;+1/p-1. The van der Waals surface area contributed by atoms with Gasteiger partial charge in [0.1, 0.15) is 0 Å². The zero-order valence-electron chi connectivity index (χ0n) is 8.16. The fourth-order valence-corrected chi connectivity index (χ4v) is 1.83. The van der Waals surface area contributed by atoms with Gasteiger partial charge in [0.15, 0.2) is 0 Å². The van der Waals surface area contributed by atoms with E-state index in [1.54, 1.807) is 0 Å². The molecule has 1 amide bonds. The van der Waals surface area contributed by atoms with Gasteiger partial charge in [-0.05, 0) is 12.8 Å². The van der Waals surface area contributed by atoms with Gasteiger partial charge in [0, 0.05) is 17.4 Å². The Kier molecular flexibility index (Phi) is 7.36. The molecule has 0 bridgehead atoms. The number of rotatable bonds is 4. The van der Waals surface area contributed by atoms with Crippen LogP contribution in [0.5, 0.6) is 0 Å². The number of hydrogen-bond acceptors (Lipinski definition) is 3. The van der Waals surface area contributed by atoms with Crippen molar-refractivity contribution in [2.45, 2.75) is 25.3 Å². The fraction of sp³-hybridized carbons (Fsp3) is 0.750. The molecule has 1 heterocycles. The van der Waals surface area contributed by atoms with Gasteiger partial charge in [-0.25, -0.2) is 0 Å². The predicted molar refractivity (Wildman–Crippen MR) is 53.2 cm³/mol. The summed E-state index contributed by atoms with van der Waals surface area (Å²) in [5, 5.41) is 10.6. The topological polar surface area (TPSA) is 60.4 Å². The molecule has 74 valence electrons.